The molecule has 1 fully saturated rings. The van der Waals surface area contributed by atoms with Gasteiger partial charge in [-0.2, -0.15) is 0 Å². The molecule has 2 aliphatic rings. The van der Waals surface area contributed by atoms with E-state index in [1.54, 1.807) is 12.1 Å². The van der Waals surface area contributed by atoms with Crippen LogP contribution in [0.4, 0.5) is 0 Å². The highest BCUT2D eigenvalue weighted by atomic mass is 35.5. The van der Waals surface area contributed by atoms with Crippen LogP contribution in [0.25, 0.3) is 0 Å². The molecule has 118 valence electrons. The summed E-state index contributed by atoms with van der Waals surface area (Å²) in [6, 6.07) is 3.11. The van der Waals surface area contributed by atoms with Gasteiger partial charge in [-0.25, -0.2) is 0 Å². The number of primary amides is 1. The summed E-state index contributed by atoms with van der Waals surface area (Å²) < 4.78 is 10.5. The van der Waals surface area contributed by atoms with Gasteiger partial charge in [0.25, 0.3) is 5.91 Å². The molecule has 3 N–H and O–H groups in total. The lowest BCUT2D eigenvalue weighted by Crippen LogP contribution is -2.41. The average molecular weight is 325 g/mol. The quantitative estimate of drug-likeness (QED) is 0.887. The molecule has 1 heterocycles. The maximum Gasteiger partial charge on any atom is 0.251 e. The number of nitrogens with one attached hydrogen (secondary N) is 1. The minimum Gasteiger partial charge on any atom is -0.454 e. The molecule has 0 spiro atoms. The fourth-order valence-electron chi connectivity index (χ4n) is 2.95. The van der Waals surface area contributed by atoms with Crippen molar-refractivity contribution >= 4 is 23.4 Å². The highest BCUT2D eigenvalue weighted by Gasteiger charge is 2.27. The number of nitrogens with two attached hydrogens (primary N) is 1. The summed E-state index contributed by atoms with van der Waals surface area (Å²) in [4.78, 5) is 23.6. The van der Waals surface area contributed by atoms with Crippen LogP contribution < -0.4 is 20.5 Å². The zero-order valence-electron chi connectivity index (χ0n) is 11.9. The van der Waals surface area contributed by atoms with E-state index in [1.165, 1.54) is 0 Å². The van der Waals surface area contributed by atoms with Crippen LogP contribution in [0.5, 0.6) is 11.5 Å². The maximum atomic E-state index is 12.4. The van der Waals surface area contributed by atoms with Gasteiger partial charge in [0.15, 0.2) is 11.5 Å². The third-order valence-electron chi connectivity index (χ3n) is 4.10. The Morgan fingerprint density at radius 3 is 2.86 bits per heavy atom. The molecule has 6 nitrogen and oxygen atoms in total. The minimum absolute atomic E-state index is 0.0528. The number of carbonyl (C=O) groups is 2. The van der Waals surface area contributed by atoms with Crippen LogP contribution in [-0.4, -0.2) is 24.6 Å². The number of hydrogen-bond donors (Lipinski definition) is 2. The van der Waals surface area contributed by atoms with E-state index in [2.05, 4.69) is 5.32 Å². The summed E-state index contributed by atoms with van der Waals surface area (Å²) in [5.74, 6) is 0.223. The largest absolute Gasteiger partial charge is 0.454 e. The zero-order chi connectivity index (χ0) is 15.7. The SMILES string of the molecule is NC(=O)[C@@H]1CCC[C@H](NC(=O)c2cc(Cl)c3c(c2)OCO3)C1. The van der Waals surface area contributed by atoms with Crippen molar-refractivity contribution in [2.24, 2.45) is 11.7 Å². The van der Waals surface area contributed by atoms with Gasteiger partial charge in [-0.05, 0) is 31.4 Å². The minimum atomic E-state index is -0.301. The van der Waals surface area contributed by atoms with Crippen molar-refractivity contribution in [2.45, 2.75) is 31.7 Å². The number of hydrogen-bond acceptors (Lipinski definition) is 4. The molecule has 2 atom stereocenters. The summed E-state index contributed by atoms with van der Waals surface area (Å²) in [6.45, 7) is 0.100. The molecule has 0 unspecified atom stereocenters. The first kappa shape index (κ1) is 15.0. The number of fused-ring (bicyclic) bond motifs is 1. The van der Waals surface area contributed by atoms with Gasteiger partial charge >= 0.3 is 0 Å². The van der Waals surface area contributed by atoms with E-state index in [0.717, 1.165) is 19.3 Å². The Bertz CT molecular complexity index is 620. The van der Waals surface area contributed by atoms with Gasteiger partial charge in [-0.3, -0.25) is 9.59 Å². The fourth-order valence-corrected chi connectivity index (χ4v) is 3.21. The van der Waals surface area contributed by atoms with Crippen molar-refractivity contribution in [3.05, 3.63) is 22.7 Å². The van der Waals surface area contributed by atoms with Crippen LogP contribution in [0.2, 0.25) is 5.02 Å². The van der Waals surface area contributed by atoms with Gasteiger partial charge in [-0.15, -0.1) is 0 Å². The molecular weight excluding hydrogens is 308 g/mol. The first-order valence-corrected chi connectivity index (χ1v) is 7.61. The molecule has 1 aliphatic carbocycles. The van der Waals surface area contributed by atoms with Gasteiger partial charge in [-0.1, -0.05) is 18.0 Å². The summed E-state index contributed by atoms with van der Waals surface area (Å²) in [6.07, 6.45) is 3.09. The Hall–Kier alpha value is -1.95. The molecule has 2 amide bonds. The molecule has 7 heteroatoms. The highest BCUT2D eigenvalue weighted by Crippen LogP contribution is 2.39. The van der Waals surface area contributed by atoms with Crippen LogP contribution in [-0.2, 0) is 4.79 Å². The van der Waals surface area contributed by atoms with E-state index in [0.29, 0.717) is 28.5 Å². The molecule has 1 aromatic carbocycles. The molecule has 0 saturated heterocycles. The van der Waals surface area contributed by atoms with E-state index < -0.39 is 0 Å². The van der Waals surface area contributed by atoms with E-state index in [1.807, 2.05) is 0 Å². The number of carbonyl (C=O) groups excluding carboxylic acids is 2. The first-order valence-electron chi connectivity index (χ1n) is 7.24. The predicted molar refractivity (Wildman–Crippen MR) is 80.0 cm³/mol. The smallest absolute Gasteiger partial charge is 0.251 e. The van der Waals surface area contributed by atoms with E-state index in [9.17, 15) is 9.59 Å². The Labute approximate surface area is 132 Å². The molecule has 22 heavy (non-hydrogen) atoms. The molecular formula is C15H17ClN2O4. The molecule has 0 aromatic heterocycles. The van der Waals surface area contributed by atoms with Crippen LogP contribution in [0.15, 0.2) is 12.1 Å². The molecule has 3 rings (SSSR count). The van der Waals surface area contributed by atoms with Crippen LogP contribution in [0.3, 0.4) is 0 Å². The van der Waals surface area contributed by atoms with Crippen LogP contribution in [0, 0.1) is 5.92 Å². The standard InChI is InChI=1S/C15H17ClN2O4/c16-11-5-9(6-12-13(11)22-7-21-12)15(20)18-10-3-1-2-8(4-10)14(17)19/h5-6,8,10H,1-4,7H2,(H2,17,19)(H,18,20)/t8-,10+/m1/s1. The third kappa shape index (κ3) is 2.97. The Kier molecular flexibility index (Phi) is 4.11. The topological polar surface area (TPSA) is 90.7 Å². The summed E-state index contributed by atoms with van der Waals surface area (Å²) in [7, 11) is 0. The van der Waals surface area contributed by atoms with E-state index in [-0.39, 0.29) is 30.6 Å². The number of amides is 2. The molecule has 1 aliphatic heterocycles. The van der Waals surface area contributed by atoms with Gasteiger partial charge in [0, 0.05) is 17.5 Å². The highest BCUT2D eigenvalue weighted by molar-refractivity contribution is 6.32. The Morgan fingerprint density at radius 1 is 1.27 bits per heavy atom. The molecule has 0 bridgehead atoms. The average Bonchev–Trinajstić information content (AvgIpc) is 2.96. The van der Waals surface area contributed by atoms with Crippen molar-refractivity contribution in [1.29, 1.82) is 0 Å². The normalized spacial score (nSPS) is 23.1. The lowest BCUT2D eigenvalue weighted by molar-refractivity contribution is -0.122. The molecule has 0 radical (unpaired) electrons. The van der Waals surface area contributed by atoms with Crippen molar-refractivity contribution in [3.63, 3.8) is 0 Å². The van der Waals surface area contributed by atoms with Gasteiger partial charge in [0.1, 0.15) is 0 Å². The second kappa shape index (κ2) is 6.04. The summed E-state index contributed by atoms with van der Waals surface area (Å²) in [5, 5.41) is 3.28. The second-order valence-electron chi connectivity index (χ2n) is 5.63. The van der Waals surface area contributed by atoms with Crippen molar-refractivity contribution in [3.8, 4) is 11.5 Å². The lowest BCUT2D eigenvalue weighted by atomic mass is 9.85. The van der Waals surface area contributed by atoms with Gasteiger partial charge in [0.05, 0.1) is 5.02 Å². The molecule has 1 aromatic rings. The van der Waals surface area contributed by atoms with Crippen molar-refractivity contribution in [1.82, 2.24) is 5.32 Å². The monoisotopic (exact) mass is 324 g/mol. The lowest BCUT2D eigenvalue weighted by Gasteiger charge is -2.28. The van der Waals surface area contributed by atoms with Gasteiger partial charge < -0.3 is 20.5 Å². The van der Waals surface area contributed by atoms with Crippen LogP contribution in [0.1, 0.15) is 36.0 Å². The maximum absolute atomic E-state index is 12.4. The van der Waals surface area contributed by atoms with Crippen molar-refractivity contribution in [2.75, 3.05) is 6.79 Å². The second-order valence-corrected chi connectivity index (χ2v) is 6.04. The number of rotatable bonds is 3. The Morgan fingerprint density at radius 2 is 2.09 bits per heavy atom. The van der Waals surface area contributed by atoms with Gasteiger partial charge in [0.2, 0.25) is 12.7 Å². The zero-order valence-corrected chi connectivity index (χ0v) is 12.7. The predicted octanol–water partition coefficient (Wildman–Crippen LogP) is 1.84. The Balaban J connectivity index is 1.70. The van der Waals surface area contributed by atoms with E-state index in [4.69, 9.17) is 26.8 Å². The third-order valence-corrected chi connectivity index (χ3v) is 4.38. The fraction of sp³-hybridized carbons (Fsp3) is 0.467. The number of halogens is 1. The van der Waals surface area contributed by atoms with E-state index >= 15 is 0 Å². The molecule has 1 saturated carbocycles. The first-order chi connectivity index (χ1) is 10.5. The summed E-state index contributed by atoms with van der Waals surface area (Å²) >= 11 is 6.08. The van der Waals surface area contributed by atoms with Crippen molar-refractivity contribution < 1.29 is 19.1 Å². The summed E-state index contributed by atoms with van der Waals surface area (Å²) in [5.41, 5.74) is 5.77. The number of ether oxygens (including phenoxy) is 2. The number of benzene rings is 1. The van der Waals surface area contributed by atoms with Crippen LogP contribution >= 0.6 is 11.6 Å².